The largest absolute Gasteiger partial charge is 1.00 e. The molecule has 0 amide bonds. The summed E-state index contributed by atoms with van der Waals surface area (Å²) in [6.07, 6.45) is 36.9. The molecule has 0 heterocycles. The molecule has 2 fully saturated rings. The smallest absolute Gasteiger partial charge is 1.00 e. The van der Waals surface area contributed by atoms with Crippen LogP contribution in [-0.2, 0) is 24.2 Å². The van der Waals surface area contributed by atoms with Crippen molar-refractivity contribution >= 4 is 3.21 Å². The molecule has 1 aromatic rings. The Kier molecular flexibility index (Phi) is 12.6. The number of hydrogen-bond acceptors (Lipinski definition) is 0. The fraction of sp³-hybridized carbons (Fsp3) is 0.500. The third-order valence-corrected chi connectivity index (χ3v) is 16.0. The molecule has 0 aromatic heterocycles. The number of aryl methyl sites for hydroxylation is 1. The zero-order chi connectivity index (χ0) is 36.5. The summed E-state index contributed by atoms with van der Waals surface area (Å²) in [6.45, 7) is 33.4. The van der Waals surface area contributed by atoms with Crippen LogP contribution in [0.3, 0.4) is 0 Å². The second-order valence-corrected chi connectivity index (χ2v) is 20.0. The van der Waals surface area contributed by atoms with Gasteiger partial charge in [0.25, 0.3) is 0 Å². The first-order valence-electron chi connectivity index (χ1n) is 18.5. The minimum atomic E-state index is 0. The molecule has 274 valence electrons. The van der Waals surface area contributed by atoms with E-state index >= 15 is 0 Å². The summed E-state index contributed by atoms with van der Waals surface area (Å²) >= 11 is 1.51. The van der Waals surface area contributed by atoms with Crippen molar-refractivity contribution in [3.8, 4) is 0 Å². The number of hydrogen-bond donors (Lipinski definition) is 0. The number of benzene rings is 1. The van der Waals surface area contributed by atoms with Crippen LogP contribution in [0.25, 0.3) is 0 Å². The molecule has 9 unspecified atom stereocenters. The monoisotopic (exact) mass is 798 g/mol. The number of fused-ring (bicyclic) bond motifs is 8. The van der Waals surface area contributed by atoms with E-state index in [0.717, 1.165) is 0 Å². The number of rotatable bonds is 1. The Morgan fingerprint density at radius 2 is 1.24 bits per heavy atom. The summed E-state index contributed by atoms with van der Waals surface area (Å²) in [6, 6.07) is 8.67. The van der Waals surface area contributed by atoms with Crippen molar-refractivity contribution in [3.05, 3.63) is 138 Å². The van der Waals surface area contributed by atoms with E-state index in [1.165, 1.54) is 49.7 Å². The van der Waals surface area contributed by atoms with Gasteiger partial charge in [-0.2, -0.15) is 11.6 Å². The maximum atomic E-state index is 3.26. The Labute approximate surface area is 340 Å². The van der Waals surface area contributed by atoms with Gasteiger partial charge in [0.2, 0.25) is 0 Å². The SMILES string of the molecule is CC1=CC=CC2[CH-]C3(C)C4(C)C=CC=CC4(C)C4(C)C=CC=CC4(C)C3(C)C12C.CC1[C-]=CC(C(C)(C)C)=C1.C[C](=[Zr+2])c1ccc(C)cc1.[Cl-].[Cl-]. The average Bonchev–Trinajstić information content (AvgIpc) is 3.56. The first-order chi connectivity index (χ1) is 22.6. The molecule has 7 rings (SSSR count). The summed E-state index contributed by atoms with van der Waals surface area (Å²) in [5, 5.41) is 0. The van der Waals surface area contributed by atoms with Crippen LogP contribution in [0.2, 0.25) is 0 Å². The third kappa shape index (κ3) is 6.06. The van der Waals surface area contributed by atoms with Crippen molar-refractivity contribution in [3.63, 3.8) is 0 Å². The molecule has 3 heteroatoms. The van der Waals surface area contributed by atoms with Crippen LogP contribution in [0, 0.1) is 74.6 Å². The van der Waals surface area contributed by atoms with Gasteiger partial charge in [-0.05, 0) is 28.6 Å². The number of allylic oxidation sites excluding steroid dienone is 16. The van der Waals surface area contributed by atoms with Gasteiger partial charge in [0.1, 0.15) is 0 Å². The fourth-order valence-corrected chi connectivity index (χ4v) is 11.5. The Morgan fingerprint density at radius 1 is 0.745 bits per heavy atom. The quantitative estimate of drug-likeness (QED) is 0.278. The molecule has 1 aromatic carbocycles. The van der Waals surface area contributed by atoms with Crippen molar-refractivity contribution in [2.24, 2.45) is 55.2 Å². The predicted molar refractivity (Wildman–Crippen MR) is 209 cm³/mol. The molecule has 2 saturated carbocycles. The Hall–Kier alpha value is -1.53. The first kappa shape index (κ1) is 43.9. The third-order valence-electron chi connectivity index (χ3n) is 15.3. The standard InChI is InChI=1S/C29H37.C10H15.C9H10.2ClH.Zr/c1-21-14-13-15-22-20-27(6)25(4)18-10-9-16-23(25,2)24(3)17-11-12-19-26(24,5)29(27,8)28(21,22)7;1-8-5-6-9(7-8)10(2,3)4;1-3-9-6-4-8(2)5-7-9;;;/h9-20,22H,1-8H3;6-8H,1-4H3;4-7H,1-2H3;2*1H;/q2*-1;;;;+2/p-2. The van der Waals surface area contributed by atoms with E-state index in [1.807, 2.05) is 0 Å². The van der Waals surface area contributed by atoms with Gasteiger partial charge in [-0.15, -0.1) is 17.4 Å². The Bertz CT molecular complexity index is 1740. The average molecular weight is 801 g/mol. The molecule has 0 aliphatic heterocycles. The second kappa shape index (κ2) is 14.6. The zero-order valence-corrected chi connectivity index (χ0v) is 37.8. The molecule has 0 spiro atoms. The summed E-state index contributed by atoms with van der Waals surface area (Å²) in [5.74, 6) is 0.982. The van der Waals surface area contributed by atoms with Crippen LogP contribution in [0.15, 0.2) is 114 Å². The van der Waals surface area contributed by atoms with Crippen molar-refractivity contribution < 1.29 is 49.0 Å². The van der Waals surface area contributed by atoms with E-state index in [-0.39, 0.29) is 62.7 Å². The molecule has 0 N–H and O–H groups in total. The van der Waals surface area contributed by atoms with E-state index in [2.05, 4.69) is 213 Å². The van der Waals surface area contributed by atoms with Gasteiger partial charge >= 0.3 is 76.7 Å². The normalized spacial score (nSPS) is 40.4. The van der Waals surface area contributed by atoms with Crippen molar-refractivity contribution in [2.45, 2.75) is 96.9 Å². The maximum Gasteiger partial charge on any atom is -1.00 e. The van der Waals surface area contributed by atoms with Gasteiger partial charge < -0.3 is 31.2 Å². The molecule has 9 atom stereocenters. The van der Waals surface area contributed by atoms with Crippen LogP contribution in [0.4, 0.5) is 0 Å². The Balaban J connectivity index is 0.000000263. The van der Waals surface area contributed by atoms with E-state index in [0.29, 0.717) is 17.3 Å². The zero-order valence-electron chi connectivity index (χ0n) is 33.8. The van der Waals surface area contributed by atoms with Crippen molar-refractivity contribution in [1.82, 2.24) is 0 Å². The van der Waals surface area contributed by atoms with Gasteiger partial charge in [-0.25, -0.2) is 6.08 Å². The molecule has 51 heavy (non-hydrogen) atoms. The Morgan fingerprint density at radius 3 is 1.69 bits per heavy atom. The molecule has 0 saturated heterocycles. The fourth-order valence-electron chi connectivity index (χ4n) is 11.1. The minimum Gasteiger partial charge on any atom is -1.00 e. The van der Waals surface area contributed by atoms with Crippen LogP contribution in [0.5, 0.6) is 0 Å². The predicted octanol–water partition coefficient (Wildman–Crippen LogP) is 6.70. The topological polar surface area (TPSA) is 0 Å². The van der Waals surface area contributed by atoms with Gasteiger partial charge in [-0.3, -0.25) is 6.08 Å². The van der Waals surface area contributed by atoms with Crippen LogP contribution in [-0.4, -0.2) is 3.21 Å². The van der Waals surface area contributed by atoms with Crippen LogP contribution in [0.1, 0.15) is 101 Å². The second-order valence-electron chi connectivity index (χ2n) is 18.2. The van der Waals surface area contributed by atoms with Crippen molar-refractivity contribution in [1.29, 1.82) is 0 Å². The minimum absolute atomic E-state index is 0. The van der Waals surface area contributed by atoms with E-state index in [1.54, 1.807) is 0 Å². The molecular formula is C48H62Cl2Zr-2. The molecule has 6 aliphatic carbocycles. The summed E-state index contributed by atoms with van der Waals surface area (Å²) in [4.78, 5) is 0. The number of halogens is 2. The maximum absolute atomic E-state index is 3.26. The summed E-state index contributed by atoms with van der Waals surface area (Å²) < 4.78 is 1.46. The summed E-state index contributed by atoms with van der Waals surface area (Å²) in [5.41, 5.74) is 6.17. The molecule has 0 bridgehead atoms. The van der Waals surface area contributed by atoms with Gasteiger partial charge in [0, 0.05) is 10.8 Å². The van der Waals surface area contributed by atoms with E-state index in [4.69, 9.17) is 0 Å². The molecule has 0 nitrogen and oxygen atoms in total. The van der Waals surface area contributed by atoms with Crippen LogP contribution < -0.4 is 24.8 Å². The van der Waals surface area contributed by atoms with Crippen LogP contribution >= 0.6 is 0 Å². The molecule has 0 radical (unpaired) electrons. The van der Waals surface area contributed by atoms with E-state index in [9.17, 15) is 0 Å². The summed E-state index contributed by atoms with van der Waals surface area (Å²) in [7, 11) is 0. The first-order valence-corrected chi connectivity index (χ1v) is 19.7. The molecule has 6 aliphatic rings. The van der Waals surface area contributed by atoms with E-state index < -0.39 is 0 Å². The van der Waals surface area contributed by atoms with Gasteiger partial charge in [0.15, 0.2) is 0 Å². The van der Waals surface area contributed by atoms with Gasteiger partial charge in [-0.1, -0.05) is 154 Å². The van der Waals surface area contributed by atoms with Gasteiger partial charge in [0.05, 0.1) is 0 Å². The molecular weight excluding hydrogens is 739 g/mol. The van der Waals surface area contributed by atoms with Crippen molar-refractivity contribution in [2.75, 3.05) is 0 Å².